The average molecular weight is 334 g/mol. The maximum atomic E-state index is 13.0. The van der Waals surface area contributed by atoms with E-state index < -0.39 is 0 Å². The second kappa shape index (κ2) is 7.06. The lowest BCUT2D eigenvalue weighted by atomic mass is 10.0. The number of carbonyl (C=O) groups is 1. The highest BCUT2D eigenvalue weighted by Crippen LogP contribution is 2.26. The molecule has 4 heteroatoms. The van der Waals surface area contributed by atoms with Crippen molar-refractivity contribution in [1.29, 1.82) is 0 Å². The van der Waals surface area contributed by atoms with E-state index in [1.54, 1.807) is 17.0 Å². The molecule has 1 N–H and O–H groups in total. The Morgan fingerprint density at radius 2 is 2.04 bits per heavy atom. The van der Waals surface area contributed by atoms with Crippen molar-refractivity contribution < 1.29 is 9.69 Å². The largest absolute Gasteiger partial charge is 0.329 e. The first-order chi connectivity index (χ1) is 11.1. The van der Waals surface area contributed by atoms with Crippen LogP contribution in [0, 0.1) is 0 Å². The Kier molecular flexibility index (Phi) is 5.08. The van der Waals surface area contributed by atoms with Crippen molar-refractivity contribution in [3.63, 3.8) is 0 Å². The fraction of sp³-hybridized carbons (Fsp3) is 0.526. The molecule has 0 radical (unpaired) electrons. The Balaban J connectivity index is 1.84. The van der Waals surface area contributed by atoms with Gasteiger partial charge in [0.05, 0.1) is 13.1 Å². The molecule has 2 bridgehead atoms. The Morgan fingerprint density at radius 3 is 2.70 bits per heavy atom. The summed E-state index contributed by atoms with van der Waals surface area (Å²) in [5, 5.41) is 0.668. The molecule has 1 amide bonds. The lowest BCUT2D eigenvalue weighted by molar-refractivity contribution is -0.912. The highest BCUT2D eigenvalue weighted by atomic mass is 35.5. The van der Waals surface area contributed by atoms with Crippen LogP contribution < -0.4 is 4.90 Å². The number of carbonyl (C=O) groups excluding carboxylic acids is 1. The Morgan fingerprint density at radius 1 is 1.30 bits per heavy atom. The number of hydrogen-bond acceptors (Lipinski definition) is 1. The van der Waals surface area contributed by atoms with Gasteiger partial charge in [0, 0.05) is 42.1 Å². The van der Waals surface area contributed by atoms with Crippen LogP contribution in [-0.2, 0) is 0 Å². The molecule has 1 unspecified atom stereocenters. The van der Waals surface area contributed by atoms with Crippen LogP contribution in [-0.4, -0.2) is 36.5 Å². The first kappa shape index (κ1) is 16.5. The predicted molar refractivity (Wildman–Crippen MR) is 93.8 cm³/mol. The highest BCUT2D eigenvalue weighted by molar-refractivity contribution is 6.30. The number of rotatable bonds is 5. The minimum Gasteiger partial charge on any atom is -0.329 e. The lowest BCUT2D eigenvalue weighted by Crippen LogP contribution is -3.14. The molecule has 0 spiro atoms. The maximum absolute atomic E-state index is 13.0. The second-order valence-corrected chi connectivity index (χ2v) is 7.24. The van der Waals surface area contributed by atoms with E-state index in [1.165, 1.54) is 18.5 Å². The molecule has 2 aliphatic heterocycles. The molecular formula is C19H26ClN2O+. The monoisotopic (exact) mass is 333 g/mol. The van der Waals surface area contributed by atoms with Gasteiger partial charge in [-0.15, -0.1) is 0 Å². The third-order valence-corrected chi connectivity index (χ3v) is 5.57. The molecule has 1 saturated heterocycles. The maximum Gasteiger partial charge on any atom is 0.258 e. The van der Waals surface area contributed by atoms with E-state index in [2.05, 4.69) is 20.0 Å². The quantitative estimate of drug-likeness (QED) is 0.880. The van der Waals surface area contributed by atoms with E-state index in [0.29, 0.717) is 17.1 Å². The van der Waals surface area contributed by atoms with Crippen LogP contribution in [0.15, 0.2) is 36.0 Å². The van der Waals surface area contributed by atoms with Crippen molar-refractivity contribution >= 4 is 17.5 Å². The van der Waals surface area contributed by atoms with E-state index in [9.17, 15) is 4.79 Å². The van der Waals surface area contributed by atoms with Gasteiger partial charge in [-0.2, -0.15) is 0 Å². The van der Waals surface area contributed by atoms with E-state index in [-0.39, 0.29) is 5.91 Å². The van der Waals surface area contributed by atoms with Gasteiger partial charge in [-0.25, -0.2) is 0 Å². The molecular weight excluding hydrogens is 308 g/mol. The fourth-order valence-electron chi connectivity index (χ4n) is 3.81. The summed E-state index contributed by atoms with van der Waals surface area (Å²) in [5.41, 5.74) is 1.96. The van der Waals surface area contributed by atoms with Crippen LogP contribution in [0.4, 0.5) is 0 Å². The summed E-state index contributed by atoms with van der Waals surface area (Å²) < 4.78 is 0. The molecule has 0 aliphatic carbocycles. The number of nitrogens with zero attached hydrogens (tertiary/aromatic N) is 1. The fourth-order valence-corrected chi connectivity index (χ4v) is 3.94. The minimum absolute atomic E-state index is 0.111. The predicted octanol–water partition coefficient (Wildman–Crippen LogP) is 2.92. The van der Waals surface area contributed by atoms with Crippen LogP contribution in [0.1, 0.15) is 49.4 Å². The summed E-state index contributed by atoms with van der Waals surface area (Å²) in [7, 11) is 2.28. The van der Waals surface area contributed by atoms with Crippen molar-refractivity contribution in [3.8, 4) is 0 Å². The van der Waals surface area contributed by atoms with Crippen LogP contribution in [0.2, 0.25) is 5.02 Å². The molecule has 3 nitrogen and oxygen atoms in total. The van der Waals surface area contributed by atoms with E-state index in [1.807, 2.05) is 17.0 Å². The summed E-state index contributed by atoms with van der Waals surface area (Å²) in [6, 6.07) is 8.50. The average Bonchev–Trinajstić information content (AvgIpc) is 2.76. The van der Waals surface area contributed by atoms with E-state index in [0.717, 1.165) is 31.4 Å². The zero-order valence-electron chi connectivity index (χ0n) is 14.0. The molecule has 124 valence electrons. The van der Waals surface area contributed by atoms with Crippen molar-refractivity contribution in [1.82, 2.24) is 4.90 Å². The van der Waals surface area contributed by atoms with Crippen LogP contribution in [0.3, 0.4) is 0 Å². The number of halogens is 1. The summed E-state index contributed by atoms with van der Waals surface area (Å²) >= 11 is 5.95. The summed E-state index contributed by atoms with van der Waals surface area (Å²) in [4.78, 5) is 16.6. The number of quaternary nitrogens is 1. The first-order valence-electron chi connectivity index (χ1n) is 8.71. The van der Waals surface area contributed by atoms with Gasteiger partial charge in [-0.1, -0.05) is 24.9 Å². The van der Waals surface area contributed by atoms with Crippen LogP contribution in [0.25, 0.3) is 0 Å². The molecule has 3 rings (SSSR count). The Labute approximate surface area is 143 Å². The summed E-state index contributed by atoms with van der Waals surface area (Å²) in [6.45, 7) is 2.98. The minimum atomic E-state index is 0.111. The Hall–Kier alpha value is -1.32. The van der Waals surface area contributed by atoms with Gasteiger partial charge in [0.1, 0.15) is 6.04 Å². The normalized spacial score (nSPS) is 26.0. The number of amides is 1. The lowest BCUT2D eigenvalue weighted by Gasteiger charge is -2.33. The molecule has 23 heavy (non-hydrogen) atoms. The number of unbranched alkanes of at least 4 members (excludes halogenated alkanes) is 1. The Bertz CT molecular complexity index is 596. The van der Waals surface area contributed by atoms with Gasteiger partial charge in [0.2, 0.25) is 0 Å². The number of fused-ring (bicyclic) bond motifs is 2. The molecule has 1 aromatic carbocycles. The number of hydrogen-bond donors (Lipinski definition) is 1. The van der Waals surface area contributed by atoms with Crippen molar-refractivity contribution in [3.05, 3.63) is 46.6 Å². The summed E-state index contributed by atoms with van der Waals surface area (Å²) in [5.74, 6) is 0.111. The standard InChI is InChI=1S/C19H25ClN2O/c1-3-4-11-22(19(23)14-5-7-15(20)8-6-14)18-12-16-9-10-17(13-18)21(16)2/h5-8,12,16-17H,3-4,9-11,13H2,1-2H3/p+1/t16-,17-/m1/s1. The highest BCUT2D eigenvalue weighted by Gasteiger charge is 2.39. The van der Waals surface area contributed by atoms with Gasteiger partial charge in [-0.3, -0.25) is 4.79 Å². The van der Waals surface area contributed by atoms with Gasteiger partial charge >= 0.3 is 0 Å². The van der Waals surface area contributed by atoms with E-state index >= 15 is 0 Å². The molecule has 0 saturated carbocycles. The van der Waals surface area contributed by atoms with Gasteiger partial charge in [0.15, 0.2) is 0 Å². The number of benzene rings is 1. The number of likely N-dealkylation sites (N-methyl/N-ethyl adjacent to an activating group) is 1. The first-order valence-corrected chi connectivity index (χ1v) is 9.09. The second-order valence-electron chi connectivity index (χ2n) is 6.80. The molecule has 0 aromatic heterocycles. The molecule has 2 aliphatic rings. The number of nitrogens with one attached hydrogen (secondary N) is 1. The van der Waals surface area contributed by atoms with Crippen LogP contribution >= 0.6 is 11.6 Å². The van der Waals surface area contributed by atoms with Crippen LogP contribution in [0.5, 0.6) is 0 Å². The molecule has 1 fully saturated rings. The molecule has 1 aromatic rings. The van der Waals surface area contributed by atoms with Crippen molar-refractivity contribution in [2.45, 2.75) is 51.1 Å². The zero-order chi connectivity index (χ0) is 16.4. The third kappa shape index (κ3) is 3.46. The van der Waals surface area contributed by atoms with Crippen molar-refractivity contribution in [2.24, 2.45) is 0 Å². The van der Waals surface area contributed by atoms with Gasteiger partial charge in [0.25, 0.3) is 5.91 Å². The molecule has 2 heterocycles. The topological polar surface area (TPSA) is 24.8 Å². The van der Waals surface area contributed by atoms with Gasteiger partial charge < -0.3 is 9.80 Å². The summed E-state index contributed by atoms with van der Waals surface area (Å²) in [6.07, 6.45) is 8.02. The van der Waals surface area contributed by atoms with Gasteiger partial charge in [-0.05, 0) is 36.8 Å². The van der Waals surface area contributed by atoms with E-state index in [4.69, 9.17) is 11.6 Å². The SMILES string of the molecule is CCCCN(C(=O)c1ccc(Cl)cc1)C1=C[C@H]2CC[C@H](C1)[NH+]2C. The third-order valence-electron chi connectivity index (χ3n) is 5.32. The smallest absolute Gasteiger partial charge is 0.258 e. The molecule has 3 atom stereocenters. The van der Waals surface area contributed by atoms with Crippen molar-refractivity contribution in [2.75, 3.05) is 13.6 Å². The zero-order valence-corrected chi connectivity index (χ0v) is 14.8.